The van der Waals surface area contributed by atoms with E-state index >= 15 is 0 Å². The van der Waals surface area contributed by atoms with Gasteiger partial charge in [-0.25, -0.2) is 9.97 Å². The molecule has 0 aromatic carbocycles. The number of rotatable bonds is 0. The van der Waals surface area contributed by atoms with Gasteiger partial charge in [0.2, 0.25) is 0 Å². The van der Waals surface area contributed by atoms with E-state index in [1.807, 2.05) is 6.66 Å². The minimum absolute atomic E-state index is 0.139. The molecule has 1 aromatic heterocycles. The van der Waals surface area contributed by atoms with Gasteiger partial charge in [0, 0.05) is 6.20 Å². The number of carbonyl (C=O) groups is 1. The van der Waals surface area contributed by atoms with Crippen LogP contribution in [0.1, 0.15) is 10.4 Å². The summed E-state index contributed by atoms with van der Waals surface area (Å²) >= 11 is 1.48. The van der Waals surface area contributed by atoms with E-state index in [-0.39, 0.29) is 5.78 Å². The Morgan fingerprint density at radius 1 is 1.58 bits per heavy atom. The molecular weight excluding hydrogens is 191 g/mol. The molecule has 0 bridgehead atoms. The molecule has 1 aliphatic heterocycles. The van der Waals surface area contributed by atoms with Gasteiger partial charge in [-0.15, -0.1) is 9.24 Å². The molecule has 5 heteroatoms. The largest absolute Gasteiger partial charge is 0.293 e. The second-order valence-corrected chi connectivity index (χ2v) is 2.92. The van der Waals surface area contributed by atoms with Crippen molar-refractivity contribution in [1.29, 1.82) is 0 Å². The number of hydrogen-bond donors (Lipinski definition) is 0. The molecule has 12 heavy (non-hydrogen) atoms. The average molecular weight is 200 g/mol. The lowest BCUT2D eigenvalue weighted by Crippen LogP contribution is -1.95. The van der Waals surface area contributed by atoms with Crippen LogP contribution < -0.4 is 0 Å². The van der Waals surface area contributed by atoms with Gasteiger partial charge in [0.05, 0.1) is 11.3 Å². The lowest BCUT2D eigenvalue weighted by atomic mass is 10.2. The molecule has 1 aromatic rings. The standard InChI is InChI=1S/C6H4N2OS.CH5P/c9-5-2-10-6-4(5)1-7-3-8-6;1-2/h1,3H,2H2;2H2,1H3. The van der Waals surface area contributed by atoms with Crippen LogP contribution in [0.2, 0.25) is 0 Å². The Kier molecular flexibility index (Phi) is 3.63. The Labute approximate surface area is 77.6 Å². The van der Waals surface area contributed by atoms with Crippen LogP contribution in [0.3, 0.4) is 0 Å². The van der Waals surface area contributed by atoms with Crippen LogP contribution in [-0.4, -0.2) is 28.2 Å². The third-order valence-electron chi connectivity index (χ3n) is 1.32. The van der Waals surface area contributed by atoms with E-state index < -0.39 is 0 Å². The first-order valence-corrected chi connectivity index (χ1v) is 5.56. The summed E-state index contributed by atoms with van der Waals surface area (Å²) in [5.74, 6) is 0.661. The molecule has 1 unspecified atom stereocenters. The van der Waals surface area contributed by atoms with E-state index in [0.717, 1.165) is 5.03 Å². The summed E-state index contributed by atoms with van der Waals surface area (Å²) in [5, 5.41) is 0.819. The highest BCUT2D eigenvalue weighted by Gasteiger charge is 2.20. The number of carbonyl (C=O) groups excluding carboxylic acids is 1. The van der Waals surface area contributed by atoms with Crippen molar-refractivity contribution < 1.29 is 4.79 Å². The first kappa shape index (κ1) is 9.62. The van der Waals surface area contributed by atoms with Crippen molar-refractivity contribution in [3.63, 3.8) is 0 Å². The zero-order valence-electron chi connectivity index (χ0n) is 6.65. The van der Waals surface area contributed by atoms with Crippen molar-refractivity contribution in [3.05, 3.63) is 18.1 Å². The van der Waals surface area contributed by atoms with Crippen molar-refractivity contribution in [3.8, 4) is 0 Å². The molecule has 3 nitrogen and oxygen atoms in total. The minimum Gasteiger partial charge on any atom is -0.293 e. The third kappa shape index (κ3) is 1.82. The molecule has 0 fully saturated rings. The molecule has 1 atom stereocenters. The molecule has 0 saturated carbocycles. The summed E-state index contributed by atoms with van der Waals surface area (Å²) < 4.78 is 0. The van der Waals surface area contributed by atoms with Gasteiger partial charge >= 0.3 is 0 Å². The smallest absolute Gasteiger partial charge is 0.177 e. The number of ketones is 1. The molecule has 0 radical (unpaired) electrons. The maximum absolute atomic E-state index is 11.0. The van der Waals surface area contributed by atoms with Crippen LogP contribution in [0.5, 0.6) is 0 Å². The molecule has 2 heterocycles. The van der Waals surface area contributed by atoms with Crippen LogP contribution in [0, 0.1) is 0 Å². The van der Waals surface area contributed by atoms with Crippen LogP contribution in [0.25, 0.3) is 0 Å². The average Bonchev–Trinajstić information content (AvgIpc) is 2.53. The zero-order valence-corrected chi connectivity index (χ0v) is 8.62. The van der Waals surface area contributed by atoms with E-state index in [0.29, 0.717) is 11.3 Å². The van der Waals surface area contributed by atoms with Gasteiger partial charge in [-0.05, 0) is 0 Å². The highest BCUT2D eigenvalue weighted by atomic mass is 32.2. The van der Waals surface area contributed by atoms with Crippen molar-refractivity contribution in [1.82, 2.24) is 9.97 Å². The van der Waals surface area contributed by atoms with Crippen molar-refractivity contribution in [2.24, 2.45) is 0 Å². The fourth-order valence-corrected chi connectivity index (χ4v) is 1.70. The summed E-state index contributed by atoms with van der Waals surface area (Å²) in [4.78, 5) is 18.7. The number of thioether (sulfide) groups is 1. The number of aromatic nitrogens is 2. The summed E-state index contributed by atoms with van der Waals surface area (Å²) in [7, 11) is 2.42. The molecule has 0 N–H and O–H groups in total. The Morgan fingerprint density at radius 3 is 3.00 bits per heavy atom. The second-order valence-electron chi connectivity index (χ2n) is 1.95. The number of nitrogens with zero attached hydrogens (tertiary/aromatic N) is 2. The van der Waals surface area contributed by atoms with Gasteiger partial charge in [-0.1, -0.05) is 18.4 Å². The topological polar surface area (TPSA) is 42.9 Å². The van der Waals surface area contributed by atoms with E-state index in [4.69, 9.17) is 0 Å². The van der Waals surface area contributed by atoms with Gasteiger partial charge in [-0.2, -0.15) is 0 Å². The maximum atomic E-state index is 11.0. The normalized spacial score (nSPS) is 13.3. The van der Waals surface area contributed by atoms with Crippen LogP contribution >= 0.6 is 21.0 Å². The molecule has 0 aliphatic carbocycles. The van der Waals surface area contributed by atoms with Crippen molar-refractivity contribution >= 4 is 26.8 Å². The quantitative estimate of drug-likeness (QED) is 0.467. The van der Waals surface area contributed by atoms with Crippen molar-refractivity contribution in [2.75, 3.05) is 12.4 Å². The number of fused-ring (bicyclic) bond motifs is 1. The molecular formula is C7H9N2OPS. The molecule has 0 amide bonds. The van der Waals surface area contributed by atoms with E-state index in [9.17, 15) is 4.79 Å². The second kappa shape index (κ2) is 4.53. The highest BCUT2D eigenvalue weighted by Crippen LogP contribution is 2.27. The molecule has 64 valence electrons. The third-order valence-corrected chi connectivity index (χ3v) is 2.32. The fourth-order valence-electron chi connectivity index (χ4n) is 0.836. The molecule has 0 saturated heterocycles. The predicted octanol–water partition coefficient (Wildman–Crippen LogP) is 1.26. The SMILES string of the molecule is CP.O=C1CSc2ncncc21. The molecule has 2 rings (SSSR count). The first-order valence-electron chi connectivity index (χ1n) is 3.41. The zero-order chi connectivity index (χ0) is 8.97. The van der Waals surface area contributed by atoms with E-state index in [2.05, 4.69) is 19.2 Å². The van der Waals surface area contributed by atoms with Crippen LogP contribution in [0.4, 0.5) is 0 Å². The van der Waals surface area contributed by atoms with Gasteiger partial charge in [0.15, 0.2) is 5.78 Å². The lowest BCUT2D eigenvalue weighted by Gasteiger charge is -1.89. The van der Waals surface area contributed by atoms with E-state index in [1.165, 1.54) is 18.1 Å². The van der Waals surface area contributed by atoms with Gasteiger partial charge in [0.25, 0.3) is 0 Å². The maximum Gasteiger partial charge on any atom is 0.177 e. The van der Waals surface area contributed by atoms with Crippen LogP contribution in [-0.2, 0) is 0 Å². The van der Waals surface area contributed by atoms with Gasteiger partial charge in [0.1, 0.15) is 11.4 Å². The summed E-state index contributed by atoms with van der Waals surface area (Å²) in [5.41, 5.74) is 0.674. The first-order chi connectivity index (χ1) is 5.88. The Hall–Kier alpha value is -0.470. The molecule has 1 aliphatic rings. The van der Waals surface area contributed by atoms with Gasteiger partial charge in [-0.3, -0.25) is 4.79 Å². The monoisotopic (exact) mass is 200 g/mol. The van der Waals surface area contributed by atoms with E-state index in [1.54, 1.807) is 6.20 Å². The number of Topliss-reactive ketones (excluding diaryl/α,β-unsaturated/α-hetero) is 1. The summed E-state index contributed by atoms with van der Waals surface area (Å²) in [6.07, 6.45) is 3.04. The molecule has 0 spiro atoms. The highest BCUT2D eigenvalue weighted by molar-refractivity contribution is 8.00. The Bertz CT molecular complexity index is 292. The summed E-state index contributed by atoms with van der Waals surface area (Å²) in [6, 6.07) is 0. The lowest BCUT2D eigenvalue weighted by molar-refractivity contribution is 0.102. The predicted molar refractivity (Wildman–Crippen MR) is 52.7 cm³/mol. The van der Waals surface area contributed by atoms with Gasteiger partial charge < -0.3 is 0 Å². The Balaban J connectivity index is 0.000000336. The fraction of sp³-hybridized carbons (Fsp3) is 0.286. The minimum atomic E-state index is 0.139. The summed E-state index contributed by atoms with van der Waals surface area (Å²) in [6.45, 7) is 1.92. The Morgan fingerprint density at radius 2 is 2.33 bits per heavy atom. The van der Waals surface area contributed by atoms with Crippen LogP contribution in [0.15, 0.2) is 17.6 Å². The number of hydrogen-bond acceptors (Lipinski definition) is 4. The van der Waals surface area contributed by atoms with Crippen molar-refractivity contribution in [2.45, 2.75) is 5.03 Å².